The quantitative estimate of drug-likeness (QED) is 0.610. The first-order chi connectivity index (χ1) is 11.6. The van der Waals surface area contributed by atoms with Crippen LogP contribution in [0.3, 0.4) is 0 Å². The lowest BCUT2D eigenvalue weighted by Gasteiger charge is -2.10. The summed E-state index contributed by atoms with van der Waals surface area (Å²) in [5, 5.41) is 4.30. The van der Waals surface area contributed by atoms with Crippen molar-refractivity contribution in [3.63, 3.8) is 0 Å². The molecule has 0 saturated heterocycles. The van der Waals surface area contributed by atoms with Crippen molar-refractivity contribution < 1.29 is 4.74 Å². The van der Waals surface area contributed by atoms with E-state index in [1.165, 1.54) is 0 Å². The molecule has 3 N–H and O–H groups in total. The number of nitrogens with one attached hydrogen (secondary N) is 1. The van der Waals surface area contributed by atoms with Gasteiger partial charge in [0.25, 0.3) is 0 Å². The standard InChI is InChI=1S/C18H19Cl2N3O/c1-24-10-12-4-2-3-5-16(12)22-18(21)23-17-9-13(17)11-6-7-14(19)15(20)8-11/h2-8,13,17H,9-10H2,1H3,(H3,21,22,23)/t13-,17+/m0/s1. The molecule has 2 aromatic rings. The summed E-state index contributed by atoms with van der Waals surface area (Å²) >= 11 is 12.0. The molecule has 2 aromatic carbocycles. The minimum absolute atomic E-state index is 0.171. The van der Waals surface area contributed by atoms with Crippen LogP contribution in [0.1, 0.15) is 23.5 Å². The molecule has 1 fully saturated rings. The van der Waals surface area contributed by atoms with Crippen LogP contribution in [-0.4, -0.2) is 19.1 Å². The molecule has 2 atom stereocenters. The molecule has 4 nitrogen and oxygen atoms in total. The number of anilines is 1. The number of nitrogens with zero attached hydrogens (tertiary/aromatic N) is 1. The second kappa shape index (κ2) is 7.43. The fraction of sp³-hybridized carbons (Fsp3) is 0.278. The van der Waals surface area contributed by atoms with Crippen molar-refractivity contribution in [1.82, 2.24) is 0 Å². The highest BCUT2D eigenvalue weighted by atomic mass is 35.5. The van der Waals surface area contributed by atoms with Crippen LogP contribution < -0.4 is 11.1 Å². The molecule has 1 aliphatic carbocycles. The highest BCUT2D eigenvalue weighted by Crippen LogP contribution is 2.44. The van der Waals surface area contributed by atoms with Crippen molar-refractivity contribution in [3.8, 4) is 0 Å². The highest BCUT2D eigenvalue weighted by molar-refractivity contribution is 6.42. The van der Waals surface area contributed by atoms with Gasteiger partial charge in [-0.3, -0.25) is 0 Å². The maximum atomic E-state index is 6.08. The Bertz CT molecular complexity index is 764. The average molecular weight is 364 g/mol. The number of hydrogen-bond donors (Lipinski definition) is 2. The summed E-state index contributed by atoms with van der Waals surface area (Å²) in [6.45, 7) is 0.520. The third kappa shape index (κ3) is 4.01. The Morgan fingerprint density at radius 3 is 2.79 bits per heavy atom. The molecule has 0 radical (unpaired) electrons. The van der Waals surface area contributed by atoms with Gasteiger partial charge in [0.05, 0.1) is 22.7 Å². The topological polar surface area (TPSA) is 59.6 Å². The zero-order valence-corrected chi connectivity index (χ0v) is 14.8. The average Bonchev–Trinajstić information content (AvgIpc) is 3.31. The van der Waals surface area contributed by atoms with Crippen LogP contribution in [0.15, 0.2) is 47.5 Å². The SMILES string of the molecule is COCc1ccccc1NC(N)=N[C@@H]1C[C@H]1c1ccc(Cl)c(Cl)c1. The third-order valence-electron chi connectivity index (χ3n) is 4.01. The molecule has 0 aliphatic heterocycles. The van der Waals surface area contributed by atoms with Crippen molar-refractivity contribution in [2.45, 2.75) is 25.0 Å². The largest absolute Gasteiger partial charge is 0.380 e. The molecular formula is C18H19Cl2N3O. The molecule has 0 amide bonds. The molecule has 3 rings (SSSR count). The molecule has 1 saturated carbocycles. The van der Waals surface area contributed by atoms with Gasteiger partial charge in [-0.25, -0.2) is 4.99 Å². The van der Waals surface area contributed by atoms with Crippen molar-refractivity contribution in [2.75, 3.05) is 12.4 Å². The number of methoxy groups -OCH3 is 1. The minimum atomic E-state index is 0.171. The summed E-state index contributed by atoms with van der Waals surface area (Å²) in [5.41, 5.74) is 9.15. The van der Waals surface area contributed by atoms with Crippen LogP contribution in [0.25, 0.3) is 0 Å². The van der Waals surface area contributed by atoms with Crippen LogP contribution in [0, 0.1) is 0 Å². The van der Waals surface area contributed by atoms with Crippen molar-refractivity contribution in [1.29, 1.82) is 0 Å². The maximum Gasteiger partial charge on any atom is 0.193 e. The summed E-state index contributed by atoms with van der Waals surface area (Å²) in [6, 6.07) is 13.8. The molecule has 1 aliphatic rings. The van der Waals surface area contributed by atoms with Crippen LogP contribution >= 0.6 is 23.2 Å². The van der Waals surface area contributed by atoms with Gasteiger partial charge in [0, 0.05) is 24.3 Å². The van der Waals surface area contributed by atoms with Gasteiger partial charge in [0.15, 0.2) is 5.96 Å². The number of aliphatic imine (C=N–C) groups is 1. The molecule has 0 aromatic heterocycles. The lowest BCUT2D eigenvalue weighted by Crippen LogP contribution is -2.24. The number of para-hydroxylation sites is 1. The van der Waals surface area contributed by atoms with Gasteiger partial charge < -0.3 is 15.8 Å². The number of nitrogens with two attached hydrogens (primary N) is 1. The highest BCUT2D eigenvalue weighted by Gasteiger charge is 2.38. The van der Waals surface area contributed by atoms with Crippen LogP contribution in [0.4, 0.5) is 5.69 Å². The first kappa shape index (κ1) is 17.1. The fourth-order valence-corrected chi connectivity index (χ4v) is 3.00. The van der Waals surface area contributed by atoms with Crippen molar-refractivity contribution >= 4 is 34.8 Å². The zero-order valence-electron chi connectivity index (χ0n) is 13.3. The second-order valence-electron chi connectivity index (χ2n) is 5.81. The van der Waals surface area contributed by atoms with E-state index < -0.39 is 0 Å². The van der Waals surface area contributed by atoms with Gasteiger partial charge in [0.2, 0.25) is 0 Å². The molecule has 126 valence electrons. The number of ether oxygens (including phenoxy) is 1. The zero-order chi connectivity index (χ0) is 17.1. The van der Waals surface area contributed by atoms with E-state index in [1.54, 1.807) is 7.11 Å². The molecule has 24 heavy (non-hydrogen) atoms. The Morgan fingerprint density at radius 2 is 2.04 bits per heavy atom. The molecule has 0 heterocycles. The minimum Gasteiger partial charge on any atom is -0.380 e. The summed E-state index contributed by atoms with van der Waals surface area (Å²) in [5.74, 6) is 0.750. The number of hydrogen-bond acceptors (Lipinski definition) is 2. The second-order valence-corrected chi connectivity index (χ2v) is 6.63. The predicted octanol–water partition coefficient (Wildman–Crippen LogP) is 4.42. The Balaban J connectivity index is 1.66. The van der Waals surface area contributed by atoms with Gasteiger partial charge in [-0.15, -0.1) is 0 Å². The van der Waals surface area contributed by atoms with E-state index in [4.69, 9.17) is 33.7 Å². The number of rotatable bonds is 5. The predicted molar refractivity (Wildman–Crippen MR) is 100 cm³/mol. The van der Waals surface area contributed by atoms with E-state index >= 15 is 0 Å². The summed E-state index contributed by atoms with van der Waals surface area (Å²) in [7, 11) is 1.67. The van der Waals surface area contributed by atoms with Gasteiger partial charge in [-0.1, -0.05) is 47.5 Å². The third-order valence-corrected chi connectivity index (χ3v) is 4.75. The molecule has 0 spiro atoms. The maximum absolute atomic E-state index is 6.08. The van der Waals surface area contributed by atoms with E-state index in [0.717, 1.165) is 23.2 Å². The van der Waals surface area contributed by atoms with E-state index in [-0.39, 0.29) is 6.04 Å². The first-order valence-corrected chi connectivity index (χ1v) is 8.46. The monoisotopic (exact) mass is 363 g/mol. The van der Waals surface area contributed by atoms with Crippen molar-refractivity contribution in [3.05, 3.63) is 63.6 Å². The molecule has 0 unspecified atom stereocenters. The Hall–Kier alpha value is -1.75. The smallest absolute Gasteiger partial charge is 0.193 e. The summed E-state index contributed by atoms with van der Waals surface area (Å²) in [4.78, 5) is 4.56. The van der Waals surface area contributed by atoms with Crippen LogP contribution in [0.5, 0.6) is 0 Å². The van der Waals surface area contributed by atoms with Gasteiger partial charge in [-0.05, 0) is 30.2 Å². The fourth-order valence-electron chi connectivity index (χ4n) is 2.70. The van der Waals surface area contributed by atoms with Gasteiger partial charge in [0.1, 0.15) is 0 Å². The van der Waals surface area contributed by atoms with Crippen molar-refractivity contribution in [2.24, 2.45) is 10.7 Å². The Labute approximate surface area is 151 Å². The lowest BCUT2D eigenvalue weighted by atomic mass is 10.1. The lowest BCUT2D eigenvalue weighted by molar-refractivity contribution is 0.185. The number of halogens is 2. The summed E-state index contributed by atoms with van der Waals surface area (Å²) < 4.78 is 5.20. The van der Waals surface area contributed by atoms with Gasteiger partial charge in [-0.2, -0.15) is 0 Å². The van der Waals surface area contributed by atoms with Crippen LogP contribution in [0.2, 0.25) is 10.0 Å². The summed E-state index contributed by atoms with van der Waals surface area (Å²) in [6.07, 6.45) is 0.958. The molecule has 0 bridgehead atoms. The molecular weight excluding hydrogens is 345 g/mol. The Morgan fingerprint density at radius 1 is 1.25 bits per heavy atom. The number of guanidine groups is 1. The normalized spacial score (nSPS) is 20.0. The molecule has 6 heteroatoms. The van der Waals surface area contributed by atoms with E-state index in [0.29, 0.717) is 28.5 Å². The number of benzene rings is 2. The van der Waals surface area contributed by atoms with Crippen LogP contribution in [-0.2, 0) is 11.3 Å². The van der Waals surface area contributed by atoms with E-state index in [1.807, 2.05) is 42.5 Å². The van der Waals surface area contributed by atoms with Gasteiger partial charge >= 0.3 is 0 Å². The van der Waals surface area contributed by atoms with E-state index in [9.17, 15) is 0 Å². The Kier molecular flexibility index (Phi) is 5.29. The first-order valence-electron chi connectivity index (χ1n) is 7.70. The van der Waals surface area contributed by atoms with E-state index in [2.05, 4.69) is 10.3 Å².